The molecule has 18 heavy (non-hydrogen) atoms. The second kappa shape index (κ2) is 5.55. The van der Waals surface area contributed by atoms with Gasteiger partial charge in [0, 0.05) is 37.6 Å². The lowest BCUT2D eigenvalue weighted by Crippen LogP contribution is -2.66. The van der Waals surface area contributed by atoms with Crippen LogP contribution < -0.4 is 10.6 Å². The average molecular weight is 256 g/mol. The van der Waals surface area contributed by atoms with E-state index in [2.05, 4.69) is 24.5 Å². The average Bonchev–Trinajstić information content (AvgIpc) is 2.76. The Morgan fingerprint density at radius 1 is 1.50 bits per heavy atom. The van der Waals surface area contributed by atoms with E-state index in [4.69, 9.17) is 9.47 Å². The molecule has 1 saturated carbocycles. The van der Waals surface area contributed by atoms with Gasteiger partial charge in [-0.15, -0.1) is 0 Å². The lowest BCUT2D eigenvalue weighted by molar-refractivity contribution is -0.126. The van der Waals surface area contributed by atoms with Gasteiger partial charge in [0.25, 0.3) is 0 Å². The predicted octanol–water partition coefficient (Wildman–Crippen LogP) is 0.152. The summed E-state index contributed by atoms with van der Waals surface area (Å²) in [5.41, 5.74) is 0.133. The Balaban J connectivity index is 1.72. The van der Waals surface area contributed by atoms with E-state index >= 15 is 0 Å². The molecule has 104 valence electrons. The summed E-state index contributed by atoms with van der Waals surface area (Å²) in [6, 6.07) is 0.387. The zero-order valence-corrected chi connectivity index (χ0v) is 11.5. The minimum absolute atomic E-state index is 0.0326. The molecule has 3 atom stereocenters. The number of rotatable bonds is 6. The topological polar surface area (TPSA) is 59.6 Å². The van der Waals surface area contributed by atoms with Crippen LogP contribution in [-0.2, 0) is 14.3 Å². The van der Waals surface area contributed by atoms with Crippen LogP contribution in [-0.4, -0.2) is 51.5 Å². The molecule has 1 aliphatic carbocycles. The summed E-state index contributed by atoms with van der Waals surface area (Å²) in [4.78, 5) is 11.6. The Bertz CT molecular complexity index is 307. The molecule has 1 saturated heterocycles. The summed E-state index contributed by atoms with van der Waals surface area (Å²) in [5, 5.41) is 6.19. The van der Waals surface area contributed by atoms with Gasteiger partial charge >= 0.3 is 0 Å². The van der Waals surface area contributed by atoms with Gasteiger partial charge in [-0.05, 0) is 6.42 Å². The molecule has 0 aromatic rings. The number of carbonyl (C=O) groups excluding carboxylic acids is 1. The molecule has 5 heteroatoms. The summed E-state index contributed by atoms with van der Waals surface area (Å²) >= 11 is 0. The van der Waals surface area contributed by atoms with Gasteiger partial charge in [-0.3, -0.25) is 4.79 Å². The molecule has 1 aliphatic heterocycles. The van der Waals surface area contributed by atoms with E-state index in [1.54, 1.807) is 7.11 Å². The van der Waals surface area contributed by atoms with E-state index in [1.165, 1.54) is 0 Å². The van der Waals surface area contributed by atoms with Gasteiger partial charge in [0.15, 0.2) is 0 Å². The molecule has 2 rings (SSSR count). The van der Waals surface area contributed by atoms with Crippen molar-refractivity contribution in [2.75, 3.05) is 33.4 Å². The Morgan fingerprint density at radius 2 is 2.28 bits per heavy atom. The van der Waals surface area contributed by atoms with E-state index < -0.39 is 0 Å². The molecule has 0 radical (unpaired) electrons. The molecular formula is C13H24N2O3. The van der Waals surface area contributed by atoms with E-state index in [0.717, 1.165) is 13.0 Å². The van der Waals surface area contributed by atoms with Crippen molar-refractivity contribution >= 4 is 5.91 Å². The number of ether oxygens (including phenoxy) is 2. The number of carbonyl (C=O) groups is 1. The number of nitrogens with one attached hydrogen (secondary N) is 2. The standard InChI is InChI=1S/C13H24N2O3/c1-13(2)11(9-4-6-18-12(9)13)15-8-10(16)14-5-7-17-3/h9,11-12,15H,4-8H2,1-3H3,(H,14,16). The first-order valence-electron chi connectivity index (χ1n) is 6.68. The van der Waals surface area contributed by atoms with Crippen molar-refractivity contribution in [1.29, 1.82) is 0 Å². The first kappa shape index (κ1) is 13.8. The fourth-order valence-electron chi connectivity index (χ4n) is 3.30. The summed E-state index contributed by atoms with van der Waals surface area (Å²) in [6.07, 6.45) is 1.48. The van der Waals surface area contributed by atoms with Crippen molar-refractivity contribution in [1.82, 2.24) is 10.6 Å². The van der Waals surface area contributed by atoms with Crippen LogP contribution in [0.15, 0.2) is 0 Å². The fourth-order valence-corrected chi connectivity index (χ4v) is 3.30. The summed E-state index contributed by atoms with van der Waals surface area (Å²) in [7, 11) is 1.63. The van der Waals surface area contributed by atoms with Crippen LogP contribution in [0.25, 0.3) is 0 Å². The Hall–Kier alpha value is -0.650. The zero-order valence-electron chi connectivity index (χ0n) is 11.5. The van der Waals surface area contributed by atoms with Gasteiger partial charge in [0.1, 0.15) is 0 Å². The lowest BCUT2D eigenvalue weighted by Gasteiger charge is -2.54. The van der Waals surface area contributed by atoms with Crippen LogP contribution in [0.4, 0.5) is 0 Å². The highest BCUT2D eigenvalue weighted by molar-refractivity contribution is 5.78. The number of fused-ring (bicyclic) bond motifs is 1. The number of hydrogen-bond acceptors (Lipinski definition) is 4. The van der Waals surface area contributed by atoms with E-state index in [0.29, 0.717) is 37.8 Å². The summed E-state index contributed by atoms with van der Waals surface area (Å²) in [6.45, 7) is 6.78. The van der Waals surface area contributed by atoms with Crippen LogP contribution in [0.5, 0.6) is 0 Å². The Kier molecular flexibility index (Phi) is 4.25. The van der Waals surface area contributed by atoms with Crippen molar-refractivity contribution in [2.45, 2.75) is 32.4 Å². The number of methoxy groups -OCH3 is 1. The lowest BCUT2D eigenvalue weighted by atomic mass is 9.57. The number of hydrogen-bond donors (Lipinski definition) is 2. The molecule has 2 fully saturated rings. The third-order valence-corrected chi connectivity index (χ3v) is 4.21. The van der Waals surface area contributed by atoms with E-state index in [-0.39, 0.29) is 11.3 Å². The molecule has 0 spiro atoms. The highest BCUT2D eigenvalue weighted by atomic mass is 16.5. The predicted molar refractivity (Wildman–Crippen MR) is 68.3 cm³/mol. The molecule has 2 N–H and O–H groups in total. The third kappa shape index (κ3) is 2.53. The van der Waals surface area contributed by atoms with Crippen molar-refractivity contribution in [2.24, 2.45) is 11.3 Å². The second-order valence-corrected chi connectivity index (χ2v) is 5.77. The molecule has 1 heterocycles. The molecule has 5 nitrogen and oxygen atoms in total. The van der Waals surface area contributed by atoms with Gasteiger partial charge in [-0.2, -0.15) is 0 Å². The van der Waals surface area contributed by atoms with Crippen molar-refractivity contribution in [3.8, 4) is 0 Å². The monoisotopic (exact) mass is 256 g/mol. The first-order valence-corrected chi connectivity index (χ1v) is 6.68. The maximum absolute atomic E-state index is 11.6. The van der Waals surface area contributed by atoms with Gasteiger partial charge in [0.05, 0.1) is 19.3 Å². The molecule has 2 aliphatic rings. The molecule has 0 aromatic heterocycles. The smallest absolute Gasteiger partial charge is 0.234 e. The first-order chi connectivity index (χ1) is 8.57. The van der Waals surface area contributed by atoms with Crippen LogP contribution in [0.3, 0.4) is 0 Å². The highest BCUT2D eigenvalue weighted by Crippen LogP contribution is 2.51. The molecule has 1 amide bonds. The van der Waals surface area contributed by atoms with E-state index in [9.17, 15) is 4.79 Å². The maximum Gasteiger partial charge on any atom is 0.234 e. The zero-order chi connectivity index (χ0) is 13.2. The second-order valence-electron chi connectivity index (χ2n) is 5.77. The summed E-state index contributed by atoms with van der Waals surface area (Å²) < 4.78 is 10.6. The third-order valence-electron chi connectivity index (χ3n) is 4.21. The van der Waals surface area contributed by atoms with Crippen molar-refractivity contribution in [3.05, 3.63) is 0 Å². The van der Waals surface area contributed by atoms with Gasteiger partial charge < -0.3 is 20.1 Å². The van der Waals surface area contributed by atoms with Crippen LogP contribution in [0.2, 0.25) is 0 Å². The summed E-state index contributed by atoms with van der Waals surface area (Å²) in [5.74, 6) is 0.608. The van der Waals surface area contributed by atoms with Crippen molar-refractivity contribution < 1.29 is 14.3 Å². The molecule has 3 unspecified atom stereocenters. The Labute approximate surface area is 109 Å². The van der Waals surface area contributed by atoms with Crippen LogP contribution in [0, 0.1) is 11.3 Å². The van der Waals surface area contributed by atoms with Crippen LogP contribution >= 0.6 is 0 Å². The normalized spacial score (nSPS) is 32.7. The van der Waals surface area contributed by atoms with E-state index in [1.807, 2.05) is 0 Å². The Morgan fingerprint density at radius 3 is 3.00 bits per heavy atom. The fraction of sp³-hybridized carbons (Fsp3) is 0.923. The largest absolute Gasteiger partial charge is 0.383 e. The minimum Gasteiger partial charge on any atom is -0.383 e. The van der Waals surface area contributed by atoms with Crippen molar-refractivity contribution in [3.63, 3.8) is 0 Å². The molecule has 0 aromatic carbocycles. The molecule has 0 bridgehead atoms. The molecular weight excluding hydrogens is 232 g/mol. The van der Waals surface area contributed by atoms with Crippen LogP contribution in [0.1, 0.15) is 20.3 Å². The van der Waals surface area contributed by atoms with Gasteiger partial charge in [0.2, 0.25) is 5.91 Å². The number of amides is 1. The van der Waals surface area contributed by atoms with Gasteiger partial charge in [-0.25, -0.2) is 0 Å². The minimum atomic E-state index is 0.0326. The van der Waals surface area contributed by atoms with Gasteiger partial charge in [-0.1, -0.05) is 13.8 Å². The quantitative estimate of drug-likeness (QED) is 0.664. The SMILES string of the molecule is COCCNC(=O)CNC1C2CCOC2C1(C)C. The highest BCUT2D eigenvalue weighted by Gasteiger charge is 2.58. The maximum atomic E-state index is 11.6.